The van der Waals surface area contributed by atoms with Crippen LogP contribution in [0.3, 0.4) is 0 Å². The Morgan fingerprint density at radius 2 is 1.88 bits per heavy atom. The molecule has 1 saturated carbocycles. The van der Waals surface area contributed by atoms with Crippen LogP contribution >= 0.6 is 31.9 Å². The Morgan fingerprint density at radius 1 is 1.24 bits per heavy atom. The average molecular weight is 361 g/mol. The minimum Gasteiger partial charge on any atom is -0.310 e. The SMILES string of the molecule is CCCNC(CC1CC1)c1cc(Br)cc(Br)c1. The zero-order chi connectivity index (χ0) is 12.3. The third-order valence-corrected chi connectivity index (χ3v) is 4.11. The molecule has 1 aromatic rings. The maximum absolute atomic E-state index is 3.67. The van der Waals surface area contributed by atoms with Crippen LogP contribution in [0.15, 0.2) is 27.1 Å². The van der Waals surface area contributed by atoms with Gasteiger partial charge in [0.05, 0.1) is 0 Å². The molecule has 1 nitrogen and oxygen atoms in total. The lowest BCUT2D eigenvalue weighted by atomic mass is 10.0. The van der Waals surface area contributed by atoms with Crippen LogP contribution in [-0.2, 0) is 0 Å². The van der Waals surface area contributed by atoms with Crippen LogP contribution in [0.5, 0.6) is 0 Å². The average Bonchev–Trinajstić information content (AvgIpc) is 3.06. The van der Waals surface area contributed by atoms with Gasteiger partial charge in [-0.25, -0.2) is 0 Å². The first kappa shape index (κ1) is 13.6. The van der Waals surface area contributed by atoms with E-state index >= 15 is 0 Å². The van der Waals surface area contributed by atoms with E-state index < -0.39 is 0 Å². The topological polar surface area (TPSA) is 12.0 Å². The highest BCUT2D eigenvalue weighted by Crippen LogP contribution is 2.38. The third kappa shape index (κ3) is 4.38. The lowest BCUT2D eigenvalue weighted by Gasteiger charge is -2.19. The summed E-state index contributed by atoms with van der Waals surface area (Å²) in [4.78, 5) is 0. The van der Waals surface area contributed by atoms with E-state index in [1.165, 1.54) is 31.2 Å². The largest absolute Gasteiger partial charge is 0.310 e. The van der Waals surface area contributed by atoms with E-state index in [0.717, 1.165) is 21.4 Å². The molecule has 94 valence electrons. The van der Waals surface area contributed by atoms with Crippen LogP contribution in [0.4, 0.5) is 0 Å². The first-order valence-corrected chi connectivity index (χ1v) is 7.97. The molecule has 0 heterocycles. The molecule has 1 aromatic carbocycles. The highest BCUT2D eigenvalue weighted by atomic mass is 79.9. The smallest absolute Gasteiger partial charge is 0.0323 e. The highest BCUT2D eigenvalue weighted by molar-refractivity contribution is 9.11. The predicted octanol–water partition coefficient (Wildman–Crippen LogP) is 5.05. The van der Waals surface area contributed by atoms with Crippen molar-refractivity contribution in [3.8, 4) is 0 Å². The van der Waals surface area contributed by atoms with Gasteiger partial charge in [0.2, 0.25) is 0 Å². The van der Waals surface area contributed by atoms with Crippen molar-refractivity contribution in [1.29, 1.82) is 0 Å². The summed E-state index contributed by atoms with van der Waals surface area (Å²) < 4.78 is 2.31. The second kappa shape index (κ2) is 6.35. The van der Waals surface area contributed by atoms with Gasteiger partial charge in [-0.05, 0) is 49.1 Å². The van der Waals surface area contributed by atoms with E-state index in [-0.39, 0.29) is 0 Å². The number of halogens is 2. The Bertz CT molecular complexity index is 354. The second-order valence-corrected chi connectivity index (χ2v) is 6.72. The molecule has 1 unspecified atom stereocenters. The molecule has 0 aromatic heterocycles. The molecule has 1 aliphatic rings. The summed E-state index contributed by atoms with van der Waals surface area (Å²) in [6.45, 7) is 3.32. The Balaban J connectivity index is 2.10. The Kier molecular flexibility index (Phi) is 5.07. The quantitative estimate of drug-likeness (QED) is 0.748. The molecule has 0 amide bonds. The molecule has 1 N–H and O–H groups in total. The second-order valence-electron chi connectivity index (χ2n) is 4.89. The van der Waals surface area contributed by atoms with Gasteiger partial charge in [0.25, 0.3) is 0 Å². The van der Waals surface area contributed by atoms with Gasteiger partial charge >= 0.3 is 0 Å². The number of rotatable bonds is 6. The molecule has 2 rings (SSSR count). The lowest BCUT2D eigenvalue weighted by molar-refractivity contribution is 0.473. The lowest BCUT2D eigenvalue weighted by Crippen LogP contribution is -2.22. The van der Waals surface area contributed by atoms with Crippen LogP contribution in [-0.4, -0.2) is 6.54 Å². The summed E-state index contributed by atoms with van der Waals surface area (Å²) in [7, 11) is 0. The van der Waals surface area contributed by atoms with Crippen LogP contribution in [0, 0.1) is 5.92 Å². The Morgan fingerprint density at radius 3 is 2.41 bits per heavy atom. The zero-order valence-corrected chi connectivity index (χ0v) is 13.4. The van der Waals surface area contributed by atoms with Crippen molar-refractivity contribution >= 4 is 31.9 Å². The van der Waals surface area contributed by atoms with Gasteiger partial charge in [0.15, 0.2) is 0 Å². The number of benzene rings is 1. The van der Waals surface area contributed by atoms with Crippen molar-refractivity contribution in [3.63, 3.8) is 0 Å². The van der Waals surface area contributed by atoms with E-state index in [2.05, 4.69) is 62.3 Å². The molecule has 1 atom stereocenters. The third-order valence-electron chi connectivity index (χ3n) is 3.19. The maximum atomic E-state index is 3.67. The van der Waals surface area contributed by atoms with E-state index in [1.807, 2.05) is 0 Å². The zero-order valence-electron chi connectivity index (χ0n) is 10.2. The molecule has 0 spiro atoms. The first-order valence-electron chi connectivity index (χ1n) is 6.38. The van der Waals surface area contributed by atoms with Crippen LogP contribution < -0.4 is 5.32 Å². The minimum absolute atomic E-state index is 0.510. The van der Waals surface area contributed by atoms with Crippen molar-refractivity contribution in [2.75, 3.05) is 6.54 Å². The molecule has 0 saturated heterocycles. The van der Waals surface area contributed by atoms with E-state index in [1.54, 1.807) is 0 Å². The molecule has 0 bridgehead atoms. The fourth-order valence-electron chi connectivity index (χ4n) is 2.12. The van der Waals surface area contributed by atoms with Crippen LogP contribution in [0.25, 0.3) is 0 Å². The fourth-order valence-corrected chi connectivity index (χ4v) is 3.45. The van der Waals surface area contributed by atoms with Gasteiger partial charge in [-0.1, -0.05) is 51.6 Å². The summed E-state index contributed by atoms with van der Waals surface area (Å²) in [6, 6.07) is 7.08. The van der Waals surface area contributed by atoms with E-state index in [0.29, 0.717) is 6.04 Å². The van der Waals surface area contributed by atoms with Gasteiger partial charge in [-0.2, -0.15) is 0 Å². The standard InChI is InChI=1S/C14H19Br2N/c1-2-5-17-14(6-10-3-4-10)11-7-12(15)9-13(16)8-11/h7-10,14,17H,2-6H2,1H3. The summed E-state index contributed by atoms with van der Waals surface area (Å²) in [5, 5.41) is 3.67. The summed E-state index contributed by atoms with van der Waals surface area (Å²) in [5.41, 5.74) is 1.40. The van der Waals surface area contributed by atoms with Crippen molar-refractivity contribution in [2.24, 2.45) is 5.92 Å². The first-order chi connectivity index (χ1) is 8.19. The van der Waals surface area contributed by atoms with Crippen molar-refractivity contribution < 1.29 is 0 Å². The number of hydrogen-bond acceptors (Lipinski definition) is 1. The molecular formula is C14H19Br2N. The fraction of sp³-hybridized carbons (Fsp3) is 0.571. The summed E-state index contributed by atoms with van der Waals surface area (Å²) >= 11 is 7.15. The summed E-state index contributed by atoms with van der Waals surface area (Å²) in [5.74, 6) is 0.946. The monoisotopic (exact) mass is 359 g/mol. The molecule has 0 aliphatic heterocycles. The highest BCUT2D eigenvalue weighted by Gasteiger charge is 2.26. The molecule has 17 heavy (non-hydrogen) atoms. The molecule has 1 fully saturated rings. The van der Waals surface area contributed by atoms with Gasteiger partial charge < -0.3 is 5.32 Å². The van der Waals surface area contributed by atoms with Crippen molar-refractivity contribution in [2.45, 2.75) is 38.6 Å². The van der Waals surface area contributed by atoms with E-state index in [4.69, 9.17) is 0 Å². The van der Waals surface area contributed by atoms with Crippen LogP contribution in [0.1, 0.15) is 44.2 Å². The predicted molar refractivity (Wildman–Crippen MR) is 80.2 cm³/mol. The maximum Gasteiger partial charge on any atom is 0.0323 e. The van der Waals surface area contributed by atoms with Gasteiger partial charge in [-0.3, -0.25) is 0 Å². The molecule has 3 heteroatoms. The van der Waals surface area contributed by atoms with E-state index in [9.17, 15) is 0 Å². The van der Waals surface area contributed by atoms with Gasteiger partial charge in [0.1, 0.15) is 0 Å². The molecule has 0 radical (unpaired) electrons. The van der Waals surface area contributed by atoms with Crippen molar-refractivity contribution in [1.82, 2.24) is 5.32 Å². The van der Waals surface area contributed by atoms with Crippen molar-refractivity contribution in [3.05, 3.63) is 32.7 Å². The van der Waals surface area contributed by atoms with Crippen LogP contribution in [0.2, 0.25) is 0 Å². The number of hydrogen-bond donors (Lipinski definition) is 1. The molecule has 1 aliphatic carbocycles. The number of nitrogens with one attached hydrogen (secondary N) is 1. The Labute approximate surface area is 121 Å². The molecular weight excluding hydrogens is 342 g/mol. The summed E-state index contributed by atoms with van der Waals surface area (Å²) in [6.07, 6.45) is 5.30. The minimum atomic E-state index is 0.510. The Hall–Kier alpha value is 0.140. The van der Waals surface area contributed by atoms with Gasteiger partial charge in [-0.15, -0.1) is 0 Å². The van der Waals surface area contributed by atoms with Gasteiger partial charge in [0, 0.05) is 15.0 Å². The normalized spacial score (nSPS) is 17.1.